The predicted octanol–water partition coefficient (Wildman–Crippen LogP) is -1.35. The molecule has 0 saturated carbocycles. The topological polar surface area (TPSA) is 132 Å². The molecule has 1 aliphatic rings. The molecule has 1 saturated heterocycles. The van der Waals surface area contributed by atoms with Crippen LogP contribution >= 0.6 is 0 Å². The van der Waals surface area contributed by atoms with Gasteiger partial charge in [-0.05, 0) is 25.5 Å². The molecule has 1 aliphatic heterocycles. The molecule has 0 aromatic carbocycles. The number of carbonyl (C=O) groups is 1. The molecule has 1 fully saturated rings. The van der Waals surface area contributed by atoms with Crippen molar-refractivity contribution < 1.29 is 30.0 Å². The first-order valence-corrected chi connectivity index (χ1v) is 6.48. The summed E-state index contributed by atoms with van der Waals surface area (Å²) in [4.78, 5) is 15.8. The molecule has 8 heteroatoms. The number of hydrogen-bond donors (Lipinski definition) is 5. The van der Waals surface area contributed by atoms with E-state index < -0.39 is 36.6 Å². The van der Waals surface area contributed by atoms with Gasteiger partial charge in [0.15, 0.2) is 11.9 Å². The molecule has 1 aromatic heterocycles. The van der Waals surface area contributed by atoms with Gasteiger partial charge in [-0.2, -0.15) is 0 Å². The molecule has 0 unspecified atom stereocenters. The van der Waals surface area contributed by atoms with Crippen LogP contribution < -0.4 is 5.32 Å². The first kappa shape index (κ1) is 15.6. The Kier molecular flexibility index (Phi) is 4.43. The fourth-order valence-corrected chi connectivity index (χ4v) is 2.08. The van der Waals surface area contributed by atoms with Crippen molar-refractivity contribution in [1.82, 2.24) is 10.3 Å². The number of aromatic nitrogens is 1. The number of hydrogen-bond acceptors (Lipinski definition) is 7. The van der Waals surface area contributed by atoms with Crippen LogP contribution in [0.1, 0.15) is 23.0 Å². The van der Waals surface area contributed by atoms with Gasteiger partial charge in [0, 0.05) is 6.20 Å². The number of amides is 1. The summed E-state index contributed by atoms with van der Waals surface area (Å²) in [5.41, 5.74) is 0.267. The van der Waals surface area contributed by atoms with Crippen molar-refractivity contribution in [1.29, 1.82) is 0 Å². The van der Waals surface area contributed by atoms with Crippen LogP contribution in [-0.2, 0) is 4.74 Å². The van der Waals surface area contributed by atoms with E-state index >= 15 is 0 Å². The molecule has 2 heterocycles. The van der Waals surface area contributed by atoms with Crippen LogP contribution in [0.25, 0.3) is 0 Å². The lowest BCUT2D eigenvalue weighted by Crippen LogP contribution is -2.61. The van der Waals surface area contributed by atoms with E-state index in [1.165, 1.54) is 13.1 Å². The van der Waals surface area contributed by atoms with E-state index in [1.54, 1.807) is 13.0 Å². The highest BCUT2D eigenvalue weighted by atomic mass is 16.5. The number of aromatic hydroxyl groups is 1. The summed E-state index contributed by atoms with van der Waals surface area (Å²) in [6.07, 6.45) is -4.81. The molecule has 116 valence electrons. The van der Waals surface area contributed by atoms with Crippen LogP contribution in [0, 0.1) is 6.92 Å². The lowest BCUT2D eigenvalue weighted by molar-refractivity contribution is -0.221. The predicted molar refractivity (Wildman–Crippen MR) is 70.5 cm³/mol. The molecule has 0 radical (unpaired) electrons. The van der Waals surface area contributed by atoms with E-state index in [1.807, 2.05) is 0 Å². The van der Waals surface area contributed by atoms with Crippen LogP contribution in [0.15, 0.2) is 12.3 Å². The van der Waals surface area contributed by atoms with E-state index in [9.17, 15) is 25.2 Å². The zero-order chi connectivity index (χ0) is 15.7. The second kappa shape index (κ2) is 5.94. The van der Waals surface area contributed by atoms with E-state index in [0.29, 0.717) is 5.56 Å². The van der Waals surface area contributed by atoms with E-state index in [-0.39, 0.29) is 11.4 Å². The van der Waals surface area contributed by atoms with Gasteiger partial charge >= 0.3 is 0 Å². The Labute approximate surface area is 121 Å². The van der Waals surface area contributed by atoms with Crippen LogP contribution in [-0.4, -0.2) is 62.0 Å². The molecule has 1 amide bonds. The Morgan fingerprint density at radius 1 is 1.29 bits per heavy atom. The van der Waals surface area contributed by atoms with Crippen LogP contribution in [0.4, 0.5) is 0 Å². The van der Waals surface area contributed by atoms with Gasteiger partial charge in [0.1, 0.15) is 24.1 Å². The molecule has 0 spiro atoms. The maximum absolute atomic E-state index is 12.1. The summed E-state index contributed by atoms with van der Waals surface area (Å²) >= 11 is 0. The van der Waals surface area contributed by atoms with Gasteiger partial charge in [-0.25, -0.2) is 4.98 Å². The second-order valence-corrected chi connectivity index (χ2v) is 5.03. The minimum absolute atomic E-state index is 0.209. The Balaban J connectivity index is 2.14. The molecular formula is C13H18N2O6. The summed E-state index contributed by atoms with van der Waals surface area (Å²) in [5, 5.41) is 41.2. The van der Waals surface area contributed by atoms with Crippen molar-refractivity contribution in [2.45, 2.75) is 44.5 Å². The van der Waals surface area contributed by atoms with Crippen molar-refractivity contribution in [3.8, 4) is 5.75 Å². The smallest absolute Gasteiger partial charge is 0.275 e. The molecule has 1 aromatic rings. The quantitative estimate of drug-likeness (QED) is 0.456. The standard InChI is InChI=1S/C13H18N2O6/c1-5-3-4-14-7(8(5)16)12(20)15-13-11(19)10(18)9(17)6(2)21-13/h3-4,6,9-11,13,16-19H,1-2H3,(H,15,20)/t6-,9+,10+,11-,13-/m0/s1. The summed E-state index contributed by atoms with van der Waals surface area (Å²) in [7, 11) is 0. The van der Waals surface area contributed by atoms with Crippen molar-refractivity contribution in [2.75, 3.05) is 0 Å². The highest BCUT2D eigenvalue weighted by Gasteiger charge is 2.42. The van der Waals surface area contributed by atoms with Gasteiger partial charge in [0.2, 0.25) is 0 Å². The maximum Gasteiger partial charge on any atom is 0.275 e. The molecule has 21 heavy (non-hydrogen) atoms. The number of nitrogens with zero attached hydrogens (tertiary/aromatic N) is 1. The van der Waals surface area contributed by atoms with Crippen LogP contribution in [0.3, 0.4) is 0 Å². The van der Waals surface area contributed by atoms with E-state index in [4.69, 9.17) is 4.74 Å². The lowest BCUT2D eigenvalue weighted by atomic mass is 9.99. The highest BCUT2D eigenvalue weighted by Crippen LogP contribution is 2.22. The number of aliphatic hydroxyl groups excluding tert-OH is 3. The number of nitrogens with one attached hydrogen (secondary N) is 1. The Hall–Kier alpha value is -1.74. The monoisotopic (exact) mass is 298 g/mol. The third-order valence-electron chi connectivity index (χ3n) is 3.47. The first-order valence-electron chi connectivity index (χ1n) is 6.48. The van der Waals surface area contributed by atoms with Gasteiger partial charge in [0.05, 0.1) is 6.10 Å². The number of carbonyl (C=O) groups excluding carboxylic acids is 1. The van der Waals surface area contributed by atoms with Gasteiger partial charge in [-0.15, -0.1) is 0 Å². The lowest BCUT2D eigenvalue weighted by Gasteiger charge is -2.39. The number of aryl methyl sites for hydroxylation is 1. The highest BCUT2D eigenvalue weighted by molar-refractivity contribution is 5.95. The van der Waals surface area contributed by atoms with Crippen molar-refractivity contribution in [3.05, 3.63) is 23.5 Å². The van der Waals surface area contributed by atoms with Crippen molar-refractivity contribution >= 4 is 5.91 Å². The van der Waals surface area contributed by atoms with Gasteiger partial charge < -0.3 is 30.5 Å². The third-order valence-corrected chi connectivity index (χ3v) is 3.47. The minimum atomic E-state index is -1.49. The average Bonchev–Trinajstić information content (AvgIpc) is 2.45. The number of ether oxygens (including phenoxy) is 1. The second-order valence-electron chi connectivity index (χ2n) is 5.03. The largest absolute Gasteiger partial charge is 0.505 e. The Morgan fingerprint density at radius 2 is 1.95 bits per heavy atom. The zero-order valence-electron chi connectivity index (χ0n) is 11.6. The van der Waals surface area contributed by atoms with Crippen molar-refractivity contribution in [2.24, 2.45) is 0 Å². The molecule has 0 aliphatic carbocycles. The summed E-state index contributed by atoms with van der Waals surface area (Å²) < 4.78 is 5.24. The minimum Gasteiger partial charge on any atom is -0.505 e. The zero-order valence-corrected chi connectivity index (χ0v) is 11.6. The molecule has 8 nitrogen and oxygen atoms in total. The summed E-state index contributed by atoms with van der Waals surface area (Å²) in [6, 6.07) is 1.54. The molecule has 2 rings (SSSR count). The number of aliphatic hydroxyl groups is 3. The average molecular weight is 298 g/mol. The van der Waals surface area contributed by atoms with Gasteiger partial charge in [-0.1, -0.05) is 0 Å². The molecule has 5 N–H and O–H groups in total. The number of rotatable bonds is 2. The fraction of sp³-hybridized carbons (Fsp3) is 0.538. The van der Waals surface area contributed by atoms with E-state index in [2.05, 4.69) is 10.3 Å². The van der Waals surface area contributed by atoms with Gasteiger partial charge in [0.25, 0.3) is 5.91 Å². The van der Waals surface area contributed by atoms with E-state index in [0.717, 1.165) is 0 Å². The molecule has 5 atom stereocenters. The van der Waals surface area contributed by atoms with Gasteiger partial charge in [-0.3, -0.25) is 4.79 Å². The Bertz CT molecular complexity index is 537. The van der Waals surface area contributed by atoms with Crippen LogP contribution in [0.5, 0.6) is 5.75 Å². The summed E-state index contributed by atoms with van der Waals surface area (Å²) in [6.45, 7) is 3.11. The first-order chi connectivity index (χ1) is 9.82. The maximum atomic E-state index is 12.1. The third kappa shape index (κ3) is 2.98. The SMILES string of the molecule is Cc1ccnc(C(=O)N[C@H]2O[C@@H](C)[C@@H](O)[C@@H](O)[C@@H]2O)c1O. The normalized spacial score (nSPS) is 32.7. The number of pyridine rings is 1. The van der Waals surface area contributed by atoms with Crippen LogP contribution in [0.2, 0.25) is 0 Å². The summed E-state index contributed by atoms with van der Waals surface area (Å²) in [5.74, 6) is -1.02. The van der Waals surface area contributed by atoms with Crippen molar-refractivity contribution in [3.63, 3.8) is 0 Å². The molecular weight excluding hydrogens is 280 g/mol. The molecule has 0 bridgehead atoms. The Morgan fingerprint density at radius 3 is 2.62 bits per heavy atom. The fourth-order valence-electron chi connectivity index (χ4n) is 2.08.